The number of aliphatic carboxylic acids is 1. The van der Waals surface area contributed by atoms with Gasteiger partial charge in [-0.2, -0.15) is 0 Å². The number of thioether (sulfide) groups is 1. The second-order valence-electron chi connectivity index (χ2n) is 3.15. The van der Waals surface area contributed by atoms with Crippen LogP contribution in [0.25, 0.3) is 0 Å². The van der Waals surface area contributed by atoms with Crippen molar-refractivity contribution in [2.24, 2.45) is 0 Å². The fourth-order valence-corrected chi connectivity index (χ4v) is 2.76. The average Bonchev–Trinajstić information content (AvgIpc) is 2.58. The lowest BCUT2D eigenvalue weighted by Gasteiger charge is -2.02. The number of hydrogen-bond donors (Lipinski definition) is 1. The molecule has 0 saturated heterocycles. The topological polar surface area (TPSA) is 37.3 Å². The molecule has 0 aliphatic carbocycles. The summed E-state index contributed by atoms with van der Waals surface area (Å²) in [6, 6.07) is 8.14. The summed E-state index contributed by atoms with van der Waals surface area (Å²) in [6.07, 6.45) is 2.99. The molecular weight excluding hydrogens is 196 g/mol. The van der Waals surface area contributed by atoms with E-state index in [4.69, 9.17) is 5.11 Å². The lowest BCUT2D eigenvalue weighted by molar-refractivity contribution is -0.131. The summed E-state index contributed by atoms with van der Waals surface area (Å²) >= 11 is 1.78. The van der Waals surface area contributed by atoms with Crippen molar-refractivity contribution in [3.8, 4) is 0 Å². The van der Waals surface area contributed by atoms with Crippen molar-refractivity contribution in [2.75, 3.05) is 5.75 Å². The van der Waals surface area contributed by atoms with E-state index in [1.807, 2.05) is 12.1 Å². The molecule has 1 unspecified atom stereocenters. The molecule has 0 saturated carbocycles. The van der Waals surface area contributed by atoms with Gasteiger partial charge in [-0.1, -0.05) is 24.3 Å². The summed E-state index contributed by atoms with van der Waals surface area (Å²) < 4.78 is 0. The Morgan fingerprint density at radius 2 is 2.29 bits per heavy atom. The van der Waals surface area contributed by atoms with Gasteiger partial charge < -0.3 is 5.11 Å². The summed E-state index contributed by atoms with van der Waals surface area (Å²) in [7, 11) is 0. The maximum atomic E-state index is 10.4. The van der Waals surface area contributed by atoms with Gasteiger partial charge in [-0.3, -0.25) is 0 Å². The lowest BCUT2D eigenvalue weighted by atomic mass is 10.0. The molecule has 1 aliphatic rings. The summed E-state index contributed by atoms with van der Waals surface area (Å²) in [6.45, 7) is 0. The fourth-order valence-electron chi connectivity index (χ4n) is 1.55. The van der Waals surface area contributed by atoms with E-state index in [9.17, 15) is 4.79 Å². The van der Waals surface area contributed by atoms with Crippen LogP contribution in [0, 0.1) is 0 Å². The first-order valence-electron chi connectivity index (χ1n) is 4.40. The molecule has 0 aromatic heterocycles. The number of rotatable bonds is 2. The third-order valence-electron chi connectivity index (χ3n) is 2.21. The van der Waals surface area contributed by atoms with Gasteiger partial charge in [-0.05, 0) is 11.6 Å². The van der Waals surface area contributed by atoms with E-state index in [1.54, 1.807) is 17.8 Å². The Hall–Kier alpha value is -1.22. The Morgan fingerprint density at radius 3 is 3.07 bits per heavy atom. The minimum absolute atomic E-state index is 0.257. The summed E-state index contributed by atoms with van der Waals surface area (Å²) in [5, 5.41) is 8.53. The molecule has 0 radical (unpaired) electrons. The van der Waals surface area contributed by atoms with Crippen molar-refractivity contribution in [3.05, 3.63) is 42.0 Å². The quantitative estimate of drug-likeness (QED) is 0.755. The van der Waals surface area contributed by atoms with Crippen LogP contribution in [0.3, 0.4) is 0 Å². The van der Waals surface area contributed by atoms with E-state index in [2.05, 4.69) is 12.1 Å². The van der Waals surface area contributed by atoms with Crippen molar-refractivity contribution in [1.29, 1.82) is 0 Å². The number of carboxylic acid groups (broad SMARTS) is 1. The molecule has 1 aromatic rings. The number of allylic oxidation sites excluding steroid dienone is 1. The molecule has 14 heavy (non-hydrogen) atoms. The van der Waals surface area contributed by atoms with Crippen LogP contribution in [0.5, 0.6) is 0 Å². The van der Waals surface area contributed by atoms with Crippen LogP contribution in [0.2, 0.25) is 0 Å². The minimum Gasteiger partial charge on any atom is -0.478 e. The maximum absolute atomic E-state index is 10.4. The number of carboxylic acids is 1. The smallest absolute Gasteiger partial charge is 0.327 e. The SMILES string of the molecule is O=C(O)/C=C\C1CSc2ccccc21. The van der Waals surface area contributed by atoms with Gasteiger partial charge in [0.15, 0.2) is 0 Å². The molecule has 72 valence electrons. The van der Waals surface area contributed by atoms with Gasteiger partial charge in [0.2, 0.25) is 0 Å². The average molecular weight is 206 g/mol. The highest BCUT2D eigenvalue weighted by atomic mass is 32.2. The molecule has 3 heteroatoms. The van der Waals surface area contributed by atoms with Crippen LogP contribution in [0.15, 0.2) is 41.3 Å². The molecule has 1 aliphatic heterocycles. The van der Waals surface area contributed by atoms with Crippen molar-refractivity contribution >= 4 is 17.7 Å². The predicted molar refractivity (Wildman–Crippen MR) is 56.7 cm³/mol. The van der Waals surface area contributed by atoms with Crippen LogP contribution in [0.1, 0.15) is 11.5 Å². The zero-order chi connectivity index (χ0) is 9.97. The summed E-state index contributed by atoms with van der Waals surface area (Å²) in [5.74, 6) is 0.329. The van der Waals surface area contributed by atoms with Crippen LogP contribution < -0.4 is 0 Å². The molecule has 2 rings (SSSR count). The Balaban J connectivity index is 2.22. The lowest BCUT2D eigenvalue weighted by Crippen LogP contribution is -1.94. The first-order valence-corrected chi connectivity index (χ1v) is 5.39. The first kappa shape index (κ1) is 9.34. The molecule has 0 fully saturated rings. The van der Waals surface area contributed by atoms with Crippen LogP contribution in [-0.4, -0.2) is 16.8 Å². The zero-order valence-electron chi connectivity index (χ0n) is 7.51. The highest BCUT2D eigenvalue weighted by Crippen LogP contribution is 2.39. The van der Waals surface area contributed by atoms with Crippen LogP contribution in [0.4, 0.5) is 0 Å². The number of fused-ring (bicyclic) bond motifs is 1. The van der Waals surface area contributed by atoms with E-state index in [0.717, 1.165) is 5.75 Å². The maximum Gasteiger partial charge on any atom is 0.327 e. The second-order valence-corrected chi connectivity index (χ2v) is 4.21. The van der Waals surface area contributed by atoms with Crippen molar-refractivity contribution in [3.63, 3.8) is 0 Å². The molecule has 1 aromatic carbocycles. The third kappa shape index (κ3) is 1.82. The van der Waals surface area contributed by atoms with E-state index in [-0.39, 0.29) is 5.92 Å². The predicted octanol–water partition coefficient (Wildman–Crippen LogP) is 2.52. The largest absolute Gasteiger partial charge is 0.478 e. The van der Waals surface area contributed by atoms with E-state index in [1.165, 1.54) is 16.5 Å². The zero-order valence-corrected chi connectivity index (χ0v) is 8.33. The standard InChI is InChI=1S/C11H10O2S/c12-11(13)6-5-8-7-14-10-4-2-1-3-9(8)10/h1-6,8H,7H2,(H,12,13)/b6-5-. The second kappa shape index (κ2) is 3.88. The number of benzene rings is 1. The van der Waals surface area contributed by atoms with Gasteiger partial charge >= 0.3 is 5.97 Å². The monoisotopic (exact) mass is 206 g/mol. The molecule has 0 bridgehead atoms. The highest BCUT2D eigenvalue weighted by Gasteiger charge is 2.19. The number of hydrogen-bond acceptors (Lipinski definition) is 2. The molecule has 1 atom stereocenters. The third-order valence-corrected chi connectivity index (χ3v) is 3.42. The summed E-state index contributed by atoms with van der Waals surface area (Å²) in [4.78, 5) is 11.6. The molecule has 1 heterocycles. The fraction of sp³-hybridized carbons (Fsp3) is 0.182. The van der Waals surface area contributed by atoms with Crippen LogP contribution >= 0.6 is 11.8 Å². The van der Waals surface area contributed by atoms with Gasteiger partial charge in [0.1, 0.15) is 0 Å². The van der Waals surface area contributed by atoms with E-state index in [0.29, 0.717) is 0 Å². The molecule has 2 nitrogen and oxygen atoms in total. The summed E-state index contributed by atoms with van der Waals surface area (Å²) in [5.41, 5.74) is 1.25. The van der Waals surface area contributed by atoms with Gasteiger partial charge in [0, 0.05) is 22.6 Å². The Morgan fingerprint density at radius 1 is 1.50 bits per heavy atom. The first-order chi connectivity index (χ1) is 6.77. The molecule has 0 amide bonds. The Labute approximate surface area is 86.6 Å². The van der Waals surface area contributed by atoms with Crippen molar-refractivity contribution < 1.29 is 9.90 Å². The van der Waals surface area contributed by atoms with Crippen molar-refractivity contribution in [2.45, 2.75) is 10.8 Å². The Kier molecular flexibility index (Phi) is 2.59. The van der Waals surface area contributed by atoms with Gasteiger partial charge in [-0.25, -0.2) is 4.79 Å². The molecule has 1 N–H and O–H groups in total. The number of carbonyl (C=O) groups is 1. The Bertz CT molecular complexity index is 385. The van der Waals surface area contributed by atoms with E-state index >= 15 is 0 Å². The molecular formula is C11H10O2S. The van der Waals surface area contributed by atoms with Gasteiger partial charge in [-0.15, -0.1) is 11.8 Å². The van der Waals surface area contributed by atoms with Gasteiger partial charge in [0.05, 0.1) is 0 Å². The van der Waals surface area contributed by atoms with E-state index < -0.39 is 5.97 Å². The minimum atomic E-state index is -0.876. The molecule has 0 spiro atoms. The van der Waals surface area contributed by atoms with Crippen LogP contribution in [-0.2, 0) is 4.79 Å². The van der Waals surface area contributed by atoms with Crippen molar-refractivity contribution in [1.82, 2.24) is 0 Å². The highest BCUT2D eigenvalue weighted by molar-refractivity contribution is 7.99. The normalized spacial score (nSPS) is 19.9. The van der Waals surface area contributed by atoms with Gasteiger partial charge in [0.25, 0.3) is 0 Å².